The number of rotatable bonds is 1. The molecule has 3 aliphatic rings. The largest absolute Gasteiger partial charge is 0.371 e. The molecule has 9 heteroatoms. The van der Waals surface area contributed by atoms with E-state index in [1.807, 2.05) is 0 Å². The van der Waals surface area contributed by atoms with Gasteiger partial charge in [0.25, 0.3) is 0 Å². The highest BCUT2D eigenvalue weighted by Crippen LogP contribution is 2.54. The molecule has 28 heavy (non-hydrogen) atoms. The summed E-state index contributed by atoms with van der Waals surface area (Å²) in [5.41, 5.74) is -3.18. The summed E-state index contributed by atoms with van der Waals surface area (Å²) >= 11 is 0. The highest BCUT2D eigenvalue weighted by molar-refractivity contribution is 6.24. The SMILES string of the molecule is CC(=O)[C@]12[C@H](C)O[C@H](C)CN1c1c(F)cccc1CC21C(=O)NC(=O)NC1=O. The monoisotopic (exact) mass is 389 g/mol. The molecule has 1 aromatic rings. The van der Waals surface area contributed by atoms with Crippen molar-refractivity contribution >= 4 is 29.3 Å². The van der Waals surface area contributed by atoms with Crippen LogP contribution in [0.15, 0.2) is 18.2 Å². The molecule has 0 radical (unpaired) electrons. The van der Waals surface area contributed by atoms with Crippen LogP contribution >= 0.6 is 0 Å². The standard InChI is InChI=1S/C19H20FN3O5/c1-9-8-23-14-12(5-4-6-13(14)20)7-18(15(25)21-17(27)22-16(18)26)19(23,10(2)24)11(3)28-9/h4-6,9,11H,7-8H2,1-3H3,(H2,21,22,25,26,27)/t9-,11+,19-/m1/s1. The second-order valence-electron chi connectivity index (χ2n) is 7.59. The van der Waals surface area contributed by atoms with Crippen molar-refractivity contribution in [2.75, 3.05) is 11.4 Å². The van der Waals surface area contributed by atoms with Crippen LogP contribution in [0.2, 0.25) is 0 Å². The first-order valence-electron chi connectivity index (χ1n) is 9.04. The van der Waals surface area contributed by atoms with E-state index in [9.17, 15) is 23.6 Å². The molecular formula is C19H20FN3O5. The van der Waals surface area contributed by atoms with Crippen LogP contribution < -0.4 is 15.5 Å². The van der Waals surface area contributed by atoms with Crippen molar-refractivity contribution in [3.8, 4) is 0 Å². The van der Waals surface area contributed by atoms with E-state index in [1.165, 1.54) is 24.0 Å². The highest BCUT2D eigenvalue weighted by Gasteiger charge is 2.74. The molecule has 4 rings (SSSR count). The lowest BCUT2D eigenvalue weighted by molar-refractivity contribution is -0.171. The summed E-state index contributed by atoms with van der Waals surface area (Å²) in [6, 6.07) is 3.43. The van der Waals surface area contributed by atoms with Gasteiger partial charge < -0.3 is 9.64 Å². The maximum atomic E-state index is 14.9. The molecule has 148 valence electrons. The molecule has 0 unspecified atom stereocenters. The fraction of sp³-hybridized carbons (Fsp3) is 0.474. The number of nitrogens with zero attached hydrogens (tertiary/aromatic N) is 1. The highest BCUT2D eigenvalue weighted by atomic mass is 19.1. The van der Waals surface area contributed by atoms with E-state index in [0.717, 1.165) is 0 Å². The number of urea groups is 1. The van der Waals surface area contributed by atoms with Gasteiger partial charge in [-0.25, -0.2) is 9.18 Å². The van der Waals surface area contributed by atoms with Gasteiger partial charge in [-0.2, -0.15) is 0 Å². The minimum atomic E-state index is -1.98. The number of para-hydroxylation sites is 1. The number of morpholine rings is 1. The van der Waals surface area contributed by atoms with Gasteiger partial charge in [0.2, 0.25) is 11.8 Å². The van der Waals surface area contributed by atoms with E-state index in [-0.39, 0.29) is 24.8 Å². The second-order valence-corrected chi connectivity index (χ2v) is 7.59. The molecule has 3 atom stereocenters. The molecule has 2 N–H and O–H groups in total. The Morgan fingerprint density at radius 3 is 2.46 bits per heavy atom. The van der Waals surface area contributed by atoms with Crippen LogP contribution in [-0.4, -0.2) is 47.9 Å². The molecule has 1 spiro atoms. The first kappa shape index (κ1) is 18.5. The van der Waals surface area contributed by atoms with Gasteiger partial charge in [-0.05, 0) is 32.4 Å². The molecule has 3 heterocycles. The van der Waals surface area contributed by atoms with Crippen molar-refractivity contribution < 1.29 is 28.3 Å². The Morgan fingerprint density at radius 2 is 1.86 bits per heavy atom. The Bertz CT molecular complexity index is 912. The topological polar surface area (TPSA) is 105 Å². The number of imide groups is 2. The van der Waals surface area contributed by atoms with Crippen LogP contribution in [0, 0.1) is 11.2 Å². The summed E-state index contributed by atoms with van der Waals surface area (Å²) in [7, 11) is 0. The zero-order chi connectivity index (χ0) is 20.4. The van der Waals surface area contributed by atoms with E-state index < -0.39 is 46.5 Å². The summed E-state index contributed by atoms with van der Waals surface area (Å²) in [5, 5.41) is 4.24. The Balaban J connectivity index is 2.10. The molecule has 8 nitrogen and oxygen atoms in total. The number of carbonyl (C=O) groups excluding carboxylic acids is 4. The molecule has 2 fully saturated rings. The van der Waals surface area contributed by atoms with Crippen molar-refractivity contribution in [3.05, 3.63) is 29.6 Å². The number of benzene rings is 1. The molecular weight excluding hydrogens is 369 g/mol. The third kappa shape index (κ3) is 2.02. The Labute approximate surface area is 160 Å². The lowest BCUT2D eigenvalue weighted by atomic mass is 9.56. The molecule has 0 saturated carbocycles. The average Bonchev–Trinajstić information content (AvgIpc) is 2.58. The molecule has 2 saturated heterocycles. The van der Waals surface area contributed by atoms with Crippen molar-refractivity contribution in [1.29, 1.82) is 0 Å². The maximum absolute atomic E-state index is 14.9. The zero-order valence-corrected chi connectivity index (χ0v) is 15.7. The van der Waals surface area contributed by atoms with Crippen molar-refractivity contribution in [2.45, 2.75) is 44.9 Å². The lowest BCUT2D eigenvalue weighted by Gasteiger charge is -2.62. The van der Waals surface area contributed by atoms with Gasteiger partial charge >= 0.3 is 6.03 Å². The first-order chi connectivity index (χ1) is 13.2. The maximum Gasteiger partial charge on any atom is 0.328 e. The van der Waals surface area contributed by atoms with Gasteiger partial charge in [0.05, 0.1) is 17.9 Å². The van der Waals surface area contributed by atoms with Gasteiger partial charge in [-0.1, -0.05) is 12.1 Å². The van der Waals surface area contributed by atoms with Crippen LogP contribution in [0.1, 0.15) is 26.3 Å². The molecule has 0 aliphatic carbocycles. The number of hydrogen-bond acceptors (Lipinski definition) is 6. The van der Waals surface area contributed by atoms with E-state index in [1.54, 1.807) is 19.9 Å². The number of ether oxygens (including phenoxy) is 1. The van der Waals surface area contributed by atoms with Gasteiger partial charge in [-0.15, -0.1) is 0 Å². The number of fused-ring (bicyclic) bond motifs is 4. The normalized spacial score (nSPS) is 31.0. The molecule has 3 aliphatic heterocycles. The number of anilines is 1. The average molecular weight is 389 g/mol. The predicted molar refractivity (Wildman–Crippen MR) is 95.0 cm³/mol. The zero-order valence-electron chi connectivity index (χ0n) is 15.7. The van der Waals surface area contributed by atoms with E-state index in [0.29, 0.717) is 5.56 Å². The van der Waals surface area contributed by atoms with Crippen LogP contribution in [0.4, 0.5) is 14.9 Å². The Hall–Kier alpha value is -2.81. The number of nitrogens with one attached hydrogen (secondary N) is 2. The lowest BCUT2D eigenvalue weighted by Crippen LogP contribution is -2.84. The van der Waals surface area contributed by atoms with Crippen molar-refractivity contribution in [2.24, 2.45) is 5.41 Å². The smallest absolute Gasteiger partial charge is 0.328 e. The third-order valence-electron chi connectivity index (χ3n) is 6.10. The first-order valence-corrected chi connectivity index (χ1v) is 9.04. The molecule has 1 aromatic carbocycles. The molecule has 4 amide bonds. The number of Topliss-reactive ketones (excluding diaryl/α,β-unsaturated/α-hetero) is 1. The minimum absolute atomic E-state index is 0.105. The van der Waals surface area contributed by atoms with E-state index in [4.69, 9.17) is 4.74 Å². The fourth-order valence-electron chi connectivity index (χ4n) is 5.22. The number of amides is 4. The quantitative estimate of drug-likeness (QED) is 0.685. The minimum Gasteiger partial charge on any atom is -0.371 e. The summed E-state index contributed by atoms with van der Waals surface area (Å²) in [6.07, 6.45) is -1.52. The van der Waals surface area contributed by atoms with Crippen molar-refractivity contribution in [1.82, 2.24) is 10.6 Å². The summed E-state index contributed by atoms with van der Waals surface area (Å²) in [4.78, 5) is 52.7. The van der Waals surface area contributed by atoms with Gasteiger partial charge in [0, 0.05) is 13.0 Å². The fourth-order valence-corrected chi connectivity index (χ4v) is 5.22. The van der Waals surface area contributed by atoms with Gasteiger partial charge in [-0.3, -0.25) is 25.0 Å². The summed E-state index contributed by atoms with van der Waals surface area (Å²) in [6.45, 7) is 4.73. The number of halogens is 1. The molecule has 0 bridgehead atoms. The van der Waals surface area contributed by atoms with E-state index in [2.05, 4.69) is 10.6 Å². The van der Waals surface area contributed by atoms with Crippen LogP contribution in [0.3, 0.4) is 0 Å². The number of carbonyl (C=O) groups is 4. The predicted octanol–water partition coefficient (Wildman–Crippen LogP) is 0.676. The number of hydrogen-bond donors (Lipinski definition) is 2. The Morgan fingerprint density at radius 1 is 1.21 bits per heavy atom. The number of barbiturate groups is 1. The van der Waals surface area contributed by atoms with E-state index >= 15 is 0 Å². The Kier molecular flexibility index (Phi) is 3.87. The van der Waals surface area contributed by atoms with Crippen LogP contribution in [0.5, 0.6) is 0 Å². The molecule has 0 aromatic heterocycles. The van der Waals surface area contributed by atoms with Crippen molar-refractivity contribution in [3.63, 3.8) is 0 Å². The van der Waals surface area contributed by atoms with Gasteiger partial charge in [0.1, 0.15) is 11.4 Å². The third-order valence-corrected chi connectivity index (χ3v) is 6.10. The number of ketones is 1. The van der Waals surface area contributed by atoms with Gasteiger partial charge in [0.15, 0.2) is 11.2 Å². The summed E-state index contributed by atoms with van der Waals surface area (Å²) in [5.74, 6) is -2.84. The van der Waals surface area contributed by atoms with Crippen LogP contribution in [0.25, 0.3) is 0 Å². The second kappa shape index (κ2) is 5.84. The summed E-state index contributed by atoms with van der Waals surface area (Å²) < 4.78 is 20.8. The van der Waals surface area contributed by atoms with Crippen LogP contribution in [-0.2, 0) is 25.5 Å².